The van der Waals surface area contributed by atoms with Crippen LogP contribution in [0.15, 0.2) is 6.33 Å². The fourth-order valence-corrected chi connectivity index (χ4v) is 3.04. The maximum absolute atomic E-state index is 13.0. The molecular weight excluding hydrogens is 347 g/mol. The molecular formula is C16H22F3N7. The summed E-state index contributed by atoms with van der Waals surface area (Å²) in [4.78, 5) is 15.8. The summed E-state index contributed by atoms with van der Waals surface area (Å²) in [7, 11) is 0. The molecule has 0 saturated carbocycles. The fraction of sp³-hybridized carbons (Fsp3) is 0.625. The van der Waals surface area contributed by atoms with E-state index in [1.165, 1.54) is 0 Å². The summed E-state index contributed by atoms with van der Waals surface area (Å²) in [6.07, 6.45) is -3.00. The number of hydrogen-bond donors (Lipinski definition) is 0. The van der Waals surface area contributed by atoms with Gasteiger partial charge in [0.1, 0.15) is 18.0 Å². The van der Waals surface area contributed by atoms with Crippen molar-refractivity contribution in [2.45, 2.75) is 40.0 Å². The topological polar surface area (TPSA) is 63.0 Å². The van der Waals surface area contributed by atoms with Crippen LogP contribution in [-0.4, -0.2) is 55.8 Å². The van der Waals surface area contributed by atoms with Crippen molar-refractivity contribution in [2.75, 3.05) is 31.1 Å². The third-order valence-electron chi connectivity index (χ3n) is 4.65. The van der Waals surface area contributed by atoms with E-state index < -0.39 is 12.0 Å². The summed E-state index contributed by atoms with van der Waals surface area (Å²) in [6, 6.07) is 0. The Bertz CT molecular complexity index is 764. The molecule has 1 aliphatic rings. The number of aromatic nitrogens is 5. The van der Waals surface area contributed by atoms with Crippen molar-refractivity contribution in [1.82, 2.24) is 29.6 Å². The summed E-state index contributed by atoms with van der Waals surface area (Å²) in [5.41, 5.74) is 1.05. The number of aryl methyl sites for hydroxylation is 2. The quantitative estimate of drug-likeness (QED) is 0.822. The van der Waals surface area contributed by atoms with Crippen LogP contribution in [0, 0.1) is 13.8 Å². The first kappa shape index (κ1) is 18.6. The molecule has 2 aromatic rings. The van der Waals surface area contributed by atoms with Gasteiger partial charge in [0.15, 0.2) is 0 Å². The van der Waals surface area contributed by atoms with Crippen molar-refractivity contribution in [1.29, 1.82) is 0 Å². The Morgan fingerprint density at radius 2 is 1.77 bits per heavy atom. The minimum Gasteiger partial charge on any atom is -0.354 e. The molecule has 10 heteroatoms. The summed E-state index contributed by atoms with van der Waals surface area (Å²) in [5, 5.41) is 4.16. The lowest BCUT2D eigenvalue weighted by Crippen LogP contribution is -2.47. The van der Waals surface area contributed by atoms with Gasteiger partial charge in [-0.2, -0.15) is 18.3 Å². The summed E-state index contributed by atoms with van der Waals surface area (Å²) < 4.78 is 40.9. The van der Waals surface area contributed by atoms with Gasteiger partial charge in [-0.3, -0.25) is 4.90 Å². The highest BCUT2D eigenvalue weighted by molar-refractivity contribution is 5.49. The van der Waals surface area contributed by atoms with E-state index in [-0.39, 0.29) is 0 Å². The molecule has 142 valence electrons. The van der Waals surface area contributed by atoms with Crippen LogP contribution in [0.1, 0.15) is 29.8 Å². The second-order valence-corrected chi connectivity index (χ2v) is 6.33. The summed E-state index contributed by atoms with van der Waals surface area (Å²) in [5.74, 6) is 0.199. The molecule has 0 radical (unpaired) electrons. The molecule has 3 heterocycles. The molecule has 7 nitrogen and oxygen atoms in total. The zero-order valence-electron chi connectivity index (χ0n) is 15.1. The minimum atomic E-state index is -4.54. The largest absolute Gasteiger partial charge is 0.451 e. The van der Waals surface area contributed by atoms with Crippen LogP contribution in [0.2, 0.25) is 0 Å². The van der Waals surface area contributed by atoms with E-state index in [0.717, 1.165) is 25.5 Å². The molecule has 0 N–H and O–H groups in total. The Kier molecular flexibility index (Phi) is 5.12. The molecule has 2 aromatic heterocycles. The van der Waals surface area contributed by atoms with Crippen molar-refractivity contribution in [2.24, 2.45) is 0 Å². The lowest BCUT2D eigenvalue weighted by molar-refractivity contribution is -0.145. The number of nitrogens with zero attached hydrogens (tertiary/aromatic N) is 7. The number of halogens is 3. The Hall–Kier alpha value is -2.23. The van der Waals surface area contributed by atoms with Gasteiger partial charge in [0.05, 0.1) is 6.54 Å². The average molecular weight is 369 g/mol. The third-order valence-corrected chi connectivity index (χ3v) is 4.65. The van der Waals surface area contributed by atoms with Crippen molar-refractivity contribution in [3.8, 4) is 0 Å². The van der Waals surface area contributed by atoms with Crippen LogP contribution in [-0.2, 0) is 19.3 Å². The van der Waals surface area contributed by atoms with E-state index in [2.05, 4.69) is 25.0 Å². The van der Waals surface area contributed by atoms with Gasteiger partial charge < -0.3 is 4.90 Å². The second-order valence-electron chi connectivity index (χ2n) is 6.33. The van der Waals surface area contributed by atoms with E-state index in [1.807, 2.05) is 16.5 Å². The average Bonchev–Trinajstić information content (AvgIpc) is 3.04. The first-order chi connectivity index (χ1) is 12.3. The van der Waals surface area contributed by atoms with E-state index in [1.54, 1.807) is 20.2 Å². The molecule has 3 rings (SSSR count). The molecule has 0 spiro atoms. The van der Waals surface area contributed by atoms with Crippen LogP contribution in [0.4, 0.5) is 19.0 Å². The van der Waals surface area contributed by atoms with Crippen LogP contribution < -0.4 is 4.90 Å². The highest BCUT2D eigenvalue weighted by atomic mass is 19.4. The lowest BCUT2D eigenvalue weighted by Gasteiger charge is -2.36. The van der Waals surface area contributed by atoms with Gasteiger partial charge in [0.25, 0.3) is 0 Å². The lowest BCUT2D eigenvalue weighted by atomic mass is 10.2. The van der Waals surface area contributed by atoms with Gasteiger partial charge in [-0.05, 0) is 20.8 Å². The van der Waals surface area contributed by atoms with Gasteiger partial charge >= 0.3 is 6.18 Å². The van der Waals surface area contributed by atoms with E-state index in [0.29, 0.717) is 36.7 Å². The van der Waals surface area contributed by atoms with Gasteiger partial charge in [0.2, 0.25) is 5.82 Å². The summed E-state index contributed by atoms with van der Waals surface area (Å²) in [6.45, 7) is 9.45. The number of rotatable bonds is 4. The zero-order valence-corrected chi connectivity index (χ0v) is 15.1. The normalized spacial score (nSPS) is 16.3. The third kappa shape index (κ3) is 3.79. The van der Waals surface area contributed by atoms with Crippen molar-refractivity contribution in [3.05, 3.63) is 29.2 Å². The Morgan fingerprint density at radius 3 is 2.38 bits per heavy atom. The Balaban J connectivity index is 1.71. The molecule has 0 unspecified atom stereocenters. The maximum atomic E-state index is 13.0. The Morgan fingerprint density at radius 1 is 1.08 bits per heavy atom. The predicted molar refractivity (Wildman–Crippen MR) is 89.7 cm³/mol. The van der Waals surface area contributed by atoms with E-state index in [9.17, 15) is 13.2 Å². The Labute approximate surface area is 149 Å². The number of hydrogen-bond acceptors (Lipinski definition) is 6. The molecule has 1 aliphatic heterocycles. The molecule has 0 atom stereocenters. The smallest absolute Gasteiger partial charge is 0.354 e. The summed E-state index contributed by atoms with van der Waals surface area (Å²) >= 11 is 0. The van der Waals surface area contributed by atoms with E-state index in [4.69, 9.17) is 0 Å². The van der Waals surface area contributed by atoms with Gasteiger partial charge in [-0.25, -0.2) is 19.6 Å². The predicted octanol–water partition coefficient (Wildman–Crippen LogP) is 2.05. The van der Waals surface area contributed by atoms with Crippen LogP contribution >= 0.6 is 0 Å². The standard InChI is InChI=1S/C16H22F3N7/c1-4-26-13(20-10-21-26)9-24-5-7-25(8-6-24)14-11(2)12(3)22-15(23-14)16(17,18)19/h10H,4-9H2,1-3H3. The van der Waals surface area contributed by atoms with E-state index >= 15 is 0 Å². The van der Waals surface area contributed by atoms with Crippen LogP contribution in [0.25, 0.3) is 0 Å². The fourth-order valence-electron chi connectivity index (χ4n) is 3.04. The molecule has 0 aromatic carbocycles. The first-order valence-corrected chi connectivity index (χ1v) is 8.56. The number of alkyl halides is 3. The van der Waals surface area contributed by atoms with Crippen LogP contribution in [0.5, 0.6) is 0 Å². The highest BCUT2D eigenvalue weighted by Gasteiger charge is 2.36. The minimum absolute atomic E-state index is 0.362. The molecule has 0 amide bonds. The zero-order chi connectivity index (χ0) is 18.9. The maximum Gasteiger partial charge on any atom is 0.451 e. The monoisotopic (exact) mass is 369 g/mol. The van der Waals surface area contributed by atoms with Crippen molar-refractivity contribution < 1.29 is 13.2 Å². The van der Waals surface area contributed by atoms with Crippen molar-refractivity contribution >= 4 is 5.82 Å². The molecule has 0 aliphatic carbocycles. The van der Waals surface area contributed by atoms with Crippen LogP contribution in [0.3, 0.4) is 0 Å². The molecule has 0 bridgehead atoms. The molecule has 1 fully saturated rings. The highest BCUT2D eigenvalue weighted by Crippen LogP contribution is 2.30. The van der Waals surface area contributed by atoms with Gasteiger partial charge in [0, 0.05) is 44.0 Å². The molecule has 1 saturated heterocycles. The SMILES string of the molecule is CCn1ncnc1CN1CCN(c2nc(C(F)(F)F)nc(C)c2C)CC1. The van der Waals surface area contributed by atoms with Gasteiger partial charge in [-0.1, -0.05) is 0 Å². The van der Waals surface area contributed by atoms with Gasteiger partial charge in [-0.15, -0.1) is 0 Å². The molecule has 26 heavy (non-hydrogen) atoms. The number of piperazine rings is 1. The second kappa shape index (κ2) is 7.18. The first-order valence-electron chi connectivity index (χ1n) is 8.56. The number of anilines is 1. The van der Waals surface area contributed by atoms with Crippen molar-refractivity contribution in [3.63, 3.8) is 0 Å².